The maximum absolute atomic E-state index is 12.6. The average Bonchev–Trinajstić information content (AvgIpc) is 3.43. The third kappa shape index (κ3) is 65.0. The Labute approximate surface area is 484 Å². The number of rotatable bonds is 66. The van der Waals surface area contributed by atoms with Crippen LogP contribution in [0.1, 0.15) is 393 Å². The first-order valence-electron chi connectivity index (χ1n) is 35.3. The molecular formula is C73H139NO3. The summed E-state index contributed by atoms with van der Waals surface area (Å²) >= 11 is 0. The number of aliphatic hydroxyl groups excluding tert-OH is 2. The SMILES string of the molecule is CC/C=C\C/C=C\C/C=C\C/C=C\CCCCCCCCCCCCCCCCCCCCCCCCCCCCC(=O)NC(CO)C(O)CCCCCCCCCCCCCCCCCCCCCCCCCCCC. The molecule has 0 rings (SSSR count). The van der Waals surface area contributed by atoms with Crippen molar-refractivity contribution in [3.63, 3.8) is 0 Å². The van der Waals surface area contributed by atoms with Gasteiger partial charge in [-0.2, -0.15) is 0 Å². The Morgan fingerprint density at radius 3 is 0.857 bits per heavy atom. The number of allylic oxidation sites excluding steroid dienone is 8. The van der Waals surface area contributed by atoms with E-state index in [0.29, 0.717) is 12.8 Å². The molecule has 0 saturated heterocycles. The van der Waals surface area contributed by atoms with Gasteiger partial charge in [-0.3, -0.25) is 4.79 Å². The third-order valence-electron chi connectivity index (χ3n) is 16.6. The smallest absolute Gasteiger partial charge is 0.220 e. The molecular weight excluding hydrogens is 939 g/mol. The fourth-order valence-corrected chi connectivity index (χ4v) is 11.3. The molecule has 0 aliphatic carbocycles. The van der Waals surface area contributed by atoms with Gasteiger partial charge in [-0.15, -0.1) is 0 Å². The second-order valence-electron chi connectivity index (χ2n) is 24.3. The van der Waals surface area contributed by atoms with Gasteiger partial charge in [0.25, 0.3) is 0 Å². The van der Waals surface area contributed by atoms with Crippen LogP contribution in [-0.2, 0) is 4.79 Å². The van der Waals surface area contributed by atoms with Crippen molar-refractivity contribution in [3.05, 3.63) is 48.6 Å². The van der Waals surface area contributed by atoms with Crippen LogP contribution in [0.2, 0.25) is 0 Å². The molecule has 0 aromatic heterocycles. The molecule has 1 amide bonds. The summed E-state index contributed by atoms with van der Waals surface area (Å²) in [7, 11) is 0. The van der Waals surface area contributed by atoms with Crippen LogP contribution in [0.5, 0.6) is 0 Å². The zero-order valence-electron chi connectivity index (χ0n) is 52.5. The third-order valence-corrected chi connectivity index (χ3v) is 16.6. The summed E-state index contributed by atoms with van der Waals surface area (Å²) in [5, 5.41) is 23.5. The molecule has 0 heterocycles. The highest BCUT2D eigenvalue weighted by Gasteiger charge is 2.20. The first kappa shape index (κ1) is 75.3. The summed E-state index contributed by atoms with van der Waals surface area (Å²) in [6, 6.07) is -0.536. The van der Waals surface area contributed by atoms with E-state index in [0.717, 1.165) is 51.4 Å². The van der Waals surface area contributed by atoms with Crippen molar-refractivity contribution >= 4 is 5.91 Å². The Balaban J connectivity index is 3.37. The van der Waals surface area contributed by atoms with E-state index in [2.05, 4.69) is 67.8 Å². The van der Waals surface area contributed by atoms with Gasteiger partial charge in [-0.05, 0) is 51.4 Å². The van der Waals surface area contributed by atoms with Crippen molar-refractivity contribution < 1.29 is 15.0 Å². The van der Waals surface area contributed by atoms with E-state index in [1.807, 2.05) is 0 Å². The Hall–Kier alpha value is -1.65. The van der Waals surface area contributed by atoms with Crippen LogP contribution in [-0.4, -0.2) is 34.9 Å². The lowest BCUT2D eigenvalue weighted by molar-refractivity contribution is -0.123. The topological polar surface area (TPSA) is 69.6 Å². The molecule has 0 fully saturated rings. The zero-order valence-corrected chi connectivity index (χ0v) is 52.5. The molecule has 0 aliphatic rings. The van der Waals surface area contributed by atoms with Gasteiger partial charge in [-0.25, -0.2) is 0 Å². The predicted octanol–water partition coefficient (Wildman–Crippen LogP) is 24.1. The minimum absolute atomic E-state index is 0.0222. The summed E-state index contributed by atoms with van der Waals surface area (Å²) in [5.74, 6) is -0.0222. The zero-order chi connectivity index (χ0) is 55.5. The van der Waals surface area contributed by atoms with Gasteiger partial charge in [0.1, 0.15) is 0 Å². The normalized spacial score (nSPS) is 12.9. The van der Waals surface area contributed by atoms with Crippen molar-refractivity contribution in [2.24, 2.45) is 0 Å². The van der Waals surface area contributed by atoms with Crippen LogP contribution >= 0.6 is 0 Å². The fourth-order valence-electron chi connectivity index (χ4n) is 11.3. The molecule has 0 bridgehead atoms. The molecule has 2 atom stereocenters. The maximum atomic E-state index is 12.6. The molecule has 0 aromatic rings. The van der Waals surface area contributed by atoms with Gasteiger partial charge < -0.3 is 15.5 Å². The van der Waals surface area contributed by atoms with Gasteiger partial charge in [0.2, 0.25) is 5.91 Å². The van der Waals surface area contributed by atoms with Crippen LogP contribution in [0, 0.1) is 0 Å². The Morgan fingerprint density at radius 2 is 0.571 bits per heavy atom. The number of hydrogen-bond acceptors (Lipinski definition) is 3. The van der Waals surface area contributed by atoms with E-state index in [-0.39, 0.29) is 12.5 Å². The molecule has 0 saturated carbocycles. The lowest BCUT2D eigenvalue weighted by Gasteiger charge is -2.22. The average molecular weight is 1080 g/mol. The van der Waals surface area contributed by atoms with Gasteiger partial charge in [-0.1, -0.05) is 383 Å². The highest BCUT2D eigenvalue weighted by molar-refractivity contribution is 5.76. The highest BCUT2D eigenvalue weighted by Crippen LogP contribution is 2.19. The Kier molecular flexibility index (Phi) is 67.2. The lowest BCUT2D eigenvalue weighted by Crippen LogP contribution is -2.45. The summed E-state index contributed by atoms with van der Waals surface area (Å²) < 4.78 is 0. The van der Waals surface area contributed by atoms with Gasteiger partial charge in [0.05, 0.1) is 18.8 Å². The number of amides is 1. The second-order valence-corrected chi connectivity index (χ2v) is 24.3. The van der Waals surface area contributed by atoms with E-state index in [4.69, 9.17) is 0 Å². The Morgan fingerprint density at radius 1 is 0.325 bits per heavy atom. The molecule has 0 radical (unpaired) electrons. The minimum atomic E-state index is -0.659. The van der Waals surface area contributed by atoms with Crippen molar-refractivity contribution in [3.8, 4) is 0 Å². The molecule has 0 aliphatic heterocycles. The number of nitrogens with one attached hydrogen (secondary N) is 1. The maximum Gasteiger partial charge on any atom is 0.220 e. The largest absolute Gasteiger partial charge is 0.394 e. The monoisotopic (exact) mass is 1080 g/mol. The molecule has 0 spiro atoms. The molecule has 77 heavy (non-hydrogen) atoms. The van der Waals surface area contributed by atoms with Crippen molar-refractivity contribution in [2.75, 3.05) is 6.61 Å². The second kappa shape index (κ2) is 68.6. The minimum Gasteiger partial charge on any atom is -0.394 e. The Bertz CT molecular complexity index is 1220. The number of aliphatic hydroxyl groups is 2. The molecule has 4 nitrogen and oxygen atoms in total. The lowest BCUT2D eigenvalue weighted by atomic mass is 10.0. The van der Waals surface area contributed by atoms with Crippen molar-refractivity contribution in [2.45, 2.75) is 405 Å². The van der Waals surface area contributed by atoms with Crippen molar-refractivity contribution in [1.82, 2.24) is 5.32 Å². The first-order valence-corrected chi connectivity index (χ1v) is 35.3. The van der Waals surface area contributed by atoms with E-state index in [1.165, 1.54) is 315 Å². The molecule has 2 unspecified atom stereocenters. The van der Waals surface area contributed by atoms with E-state index in [1.54, 1.807) is 0 Å². The molecule has 0 aromatic carbocycles. The van der Waals surface area contributed by atoms with E-state index >= 15 is 0 Å². The predicted molar refractivity (Wildman–Crippen MR) is 345 cm³/mol. The van der Waals surface area contributed by atoms with Gasteiger partial charge in [0, 0.05) is 6.42 Å². The summed E-state index contributed by atoms with van der Waals surface area (Å²) in [4.78, 5) is 12.6. The molecule has 454 valence electrons. The molecule has 3 N–H and O–H groups in total. The van der Waals surface area contributed by atoms with Crippen LogP contribution in [0.15, 0.2) is 48.6 Å². The van der Waals surface area contributed by atoms with E-state index in [9.17, 15) is 15.0 Å². The van der Waals surface area contributed by atoms with E-state index < -0.39 is 12.1 Å². The van der Waals surface area contributed by atoms with Crippen LogP contribution < -0.4 is 5.32 Å². The number of carbonyl (C=O) groups excluding carboxylic acids is 1. The highest BCUT2D eigenvalue weighted by atomic mass is 16.3. The van der Waals surface area contributed by atoms with Crippen molar-refractivity contribution in [1.29, 1.82) is 0 Å². The number of carbonyl (C=O) groups is 1. The van der Waals surface area contributed by atoms with Crippen LogP contribution in [0.3, 0.4) is 0 Å². The van der Waals surface area contributed by atoms with Gasteiger partial charge >= 0.3 is 0 Å². The first-order chi connectivity index (χ1) is 38.2. The van der Waals surface area contributed by atoms with Crippen LogP contribution in [0.25, 0.3) is 0 Å². The summed E-state index contributed by atoms with van der Waals surface area (Å²) in [6.07, 6.45) is 96.1. The molecule has 4 heteroatoms. The summed E-state index contributed by atoms with van der Waals surface area (Å²) in [6.45, 7) is 4.29. The number of hydrogen-bond donors (Lipinski definition) is 3. The quantitative estimate of drug-likeness (QED) is 0.0420. The standard InChI is InChI=1S/C73H139NO3/c1-3-5-7-9-11-13-15-17-19-21-23-25-27-29-31-32-33-34-35-36-37-38-39-40-41-42-43-45-47-49-51-53-55-57-59-61-63-65-67-69-73(77)74-71(70-75)72(76)68-66-64-62-60-58-56-54-52-50-48-46-44-30-28-26-24-22-20-18-16-14-12-10-8-6-4-2/h5,7,11,13,17,19,23,25,71-72,75-76H,3-4,6,8-10,12,14-16,18,20-22,24,26-70H2,1-2H3,(H,74,77)/b7-5-,13-11-,19-17-,25-23-. The summed E-state index contributed by atoms with van der Waals surface area (Å²) in [5.41, 5.74) is 0. The number of unbranched alkanes of at least 4 members (excludes halogenated alkanes) is 51. The van der Waals surface area contributed by atoms with Gasteiger partial charge in [0.15, 0.2) is 0 Å². The van der Waals surface area contributed by atoms with Crippen LogP contribution in [0.4, 0.5) is 0 Å². The fraction of sp³-hybridized carbons (Fsp3) is 0.877.